The van der Waals surface area contributed by atoms with E-state index in [1.807, 2.05) is 18.2 Å². The Morgan fingerprint density at radius 1 is 1.52 bits per heavy atom. The van der Waals surface area contributed by atoms with Crippen LogP contribution >= 0.6 is 15.9 Å². The number of benzene rings is 1. The Morgan fingerprint density at radius 2 is 2.24 bits per heavy atom. The van der Waals surface area contributed by atoms with E-state index in [4.69, 9.17) is 5.73 Å². The molecule has 0 radical (unpaired) electrons. The van der Waals surface area contributed by atoms with Crippen LogP contribution in [-0.4, -0.2) is 36.5 Å². The Kier molecular flexibility index (Phi) is 5.79. The normalized spacial score (nSPS) is 22.0. The van der Waals surface area contributed by atoms with Crippen molar-refractivity contribution in [2.24, 2.45) is 5.73 Å². The predicted octanol–water partition coefficient (Wildman–Crippen LogP) is 2.44. The third-order valence-corrected chi connectivity index (χ3v) is 5.02. The van der Waals surface area contributed by atoms with Gasteiger partial charge in [0, 0.05) is 17.6 Å². The molecule has 1 aromatic rings. The molecule has 2 rings (SSSR count). The van der Waals surface area contributed by atoms with Crippen molar-refractivity contribution >= 4 is 21.8 Å². The molecule has 0 aliphatic carbocycles. The Morgan fingerprint density at radius 3 is 2.86 bits per heavy atom. The zero-order chi connectivity index (χ0) is 15.4. The molecule has 0 spiro atoms. The average molecular weight is 354 g/mol. The molecule has 3 atom stereocenters. The third-order valence-electron chi connectivity index (χ3n) is 4.30. The lowest BCUT2D eigenvalue weighted by Crippen LogP contribution is -2.48. The van der Waals surface area contributed by atoms with Crippen molar-refractivity contribution in [3.63, 3.8) is 0 Å². The van der Waals surface area contributed by atoms with Crippen LogP contribution in [0, 0.1) is 0 Å². The van der Waals surface area contributed by atoms with Gasteiger partial charge in [0.05, 0.1) is 12.1 Å². The number of hydrogen-bond acceptors (Lipinski definition) is 3. The minimum atomic E-state index is -0.0790. The van der Waals surface area contributed by atoms with Gasteiger partial charge in [-0.2, -0.15) is 0 Å². The summed E-state index contributed by atoms with van der Waals surface area (Å²) in [5.41, 5.74) is 7.58. The van der Waals surface area contributed by atoms with E-state index < -0.39 is 0 Å². The molecule has 5 heteroatoms. The fraction of sp³-hybridized carbons (Fsp3) is 0.562. The molecule has 1 aromatic carbocycles. The summed E-state index contributed by atoms with van der Waals surface area (Å²) in [6, 6.07) is 8.16. The lowest BCUT2D eigenvalue weighted by atomic mass is 9.95. The van der Waals surface area contributed by atoms with E-state index in [0.717, 1.165) is 30.3 Å². The van der Waals surface area contributed by atoms with Gasteiger partial charge in [0.15, 0.2) is 0 Å². The number of likely N-dealkylation sites (tertiary alicyclic amines) is 1. The lowest BCUT2D eigenvalue weighted by molar-refractivity contribution is -0.125. The third kappa shape index (κ3) is 3.47. The fourth-order valence-electron chi connectivity index (χ4n) is 3.16. The number of nitrogens with zero attached hydrogens (tertiary/aromatic N) is 1. The van der Waals surface area contributed by atoms with Crippen LogP contribution in [0.1, 0.15) is 37.8 Å². The van der Waals surface area contributed by atoms with Gasteiger partial charge in [0.1, 0.15) is 0 Å². The maximum absolute atomic E-state index is 12.2. The van der Waals surface area contributed by atoms with Crippen LogP contribution in [0.3, 0.4) is 0 Å². The first-order valence-corrected chi connectivity index (χ1v) is 8.36. The van der Waals surface area contributed by atoms with Crippen LogP contribution in [0.4, 0.5) is 0 Å². The van der Waals surface area contributed by atoms with Crippen LogP contribution in [0.25, 0.3) is 0 Å². The van der Waals surface area contributed by atoms with Gasteiger partial charge in [-0.05, 0) is 37.4 Å². The molecule has 4 nitrogen and oxygen atoms in total. The zero-order valence-corrected chi connectivity index (χ0v) is 14.3. The van der Waals surface area contributed by atoms with Crippen molar-refractivity contribution < 1.29 is 4.79 Å². The molecule has 1 fully saturated rings. The molecule has 0 aromatic heterocycles. The van der Waals surface area contributed by atoms with E-state index in [0.29, 0.717) is 0 Å². The first-order valence-electron chi connectivity index (χ1n) is 7.57. The van der Waals surface area contributed by atoms with Gasteiger partial charge in [-0.3, -0.25) is 9.69 Å². The van der Waals surface area contributed by atoms with Gasteiger partial charge in [-0.1, -0.05) is 41.1 Å². The van der Waals surface area contributed by atoms with Gasteiger partial charge in [-0.15, -0.1) is 0 Å². The van der Waals surface area contributed by atoms with E-state index in [-0.39, 0.29) is 24.0 Å². The van der Waals surface area contributed by atoms with E-state index in [2.05, 4.69) is 39.1 Å². The number of rotatable bonds is 5. The van der Waals surface area contributed by atoms with Gasteiger partial charge < -0.3 is 11.1 Å². The molecule has 0 bridgehead atoms. The van der Waals surface area contributed by atoms with Gasteiger partial charge in [0.25, 0.3) is 0 Å². The minimum absolute atomic E-state index is 0.00829. The number of carbonyl (C=O) groups excluding carboxylic acids is 1. The minimum Gasteiger partial charge on any atom is -0.358 e. The summed E-state index contributed by atoms with van der Waals surface area (Å²) in [5, 5.41) is 2.78. The molecule has 1 saturated heterocycles. The highest BCUT2D eigenvalue weighted by Crippen LogP contribution is 2.35. The number of halogens is 1. The second-order valence-electron chi connectivity index (χ2n) is 5.55. The number of nitrogens with two attached hydrogens (primary N) is 1. The molecule has 116 valence electrons. The molecule has 21 heavy (non-hydrogen) atoms. The average Bonchev–Trinajstić information content (AvgIpc) is 2.97. The molecule has 3 unspecified atom stereocenters. The van der Waals surface area contributed by atoms with Crippen LogP contribution in [0.2, 0.25) is 0 Å². The molecule has 1 aliphatic rings. The SMILES string of the molecule is CCC(N)C(c1ccccc1Br)N1CCCC1C(=O)NC. The molecular formula is C16H24BrN3O. The quantitative estimate of drug-likeness (QED) is 0.854. The number of nitrogens with one attached hydrogen (secondary N) is 1. The van der Waals surface area contributed by atoms with Gasteiger partial charge in [-0.25, -0.2) is 0 Å². The first-order chi connectivity index (χ1) is 10.1. The summed E-state index contributed by atoms with van der Waals surface area (Å²) in [6.07, 6.45) is 2.81. The number of likely N-dealkylation sites (N-methyl/N-ethyl adjacent to an activating group) is 1. The molecular weight excluding hydrogens is 330 g/mol. The molecule has 1 aliphatic heterocycles. The van der Waals surface area contributed by atoms with E-state index in [1.54, 1.807) is 7.05 Å². The molecule has 3 N–H and O–H groups in total. The van der Waals surface area contributed by atoms with Crippen LogP contribution < -0.4 is 11.1 Å². The maximum Gasteiger partial charge on any atom is 0.237 e. The van der Waals surface area contributed by atoms with Crippen molar-refractivity contribution in [2.75, 3.05) is 13.6 Å². The lowest BCUT2D eigenvalue weighted by Gasteiger charge is -2.36. The number of amides is 1. The summed E-state index contributed by atoms with van der Waals surface area (Å²) in [5.74, 6) is 0.0906. The Balaban J connectivity index is 2.37. The summed E-state index contributed by atoms with van der Waals surface area (Å²) in [4.78, 5) is 14.4. The van der Waals surface area contributed by atoms with E-state index >= 15 is 0 Å². The molecule has 1 heterocycles. The highest BCUT2D eigenvalue weighted by Gasteiger charge is 2.38. The summed E-state index contributed by atoms with van der Waals surface area (Å²) < 4.78 is 1.06. The monoisotopic (exact) mass is 353 g/mol. The first kappa shape index (κ1) is 16.5. The standard InChI is InChI=1S/C16H24BrN3O/c1-3-13(18)15(11-7-4-5-8-12(11)17)20-10-6-9-14(20)16(21)19-2/h4-5,7-8,13-15H,3,6,9-10,18H2,1-2H3,(H,19,21). The van der Waals surface area contributed by atoms with Crippen molar-refractivity contribution in [1.29, 1.82) is 0 Å². The van der Waals surface area contributed by atoms with Crippen LogP contribution in [-0.2, 0) is 4.79 Å². The summed E-state index contributed by atoms with van der Waals surface area (Å²) in [6.45, 7) is 3.01. The van der Waals surface area contributed by atoms with Crippen LogP contribution in [0.5, 0.6) is 0 Å². The number of hydrogen-bond donors (Lipinski definition) is 2. The highest BCUT2D eigenvalue weighted by atomic mass is 79.9. The van der Waals surface area contributed by atoms with Gasteiger partial charge >= 0.3 is 0 Å². The largest absolute Gasteiger partial charge is 0.358 e. The highest BCUT2D eigenvalue weighted by molar-refractivity contribution is 9.10. The maximum atomic E-state index is 12.2. The number of carbonyl (C=O) groups is 1. The molecule has 1 amide bonds. The Hall–Kier alpha value is -0.910. The second-order valence-corrected chi connectivity index (χ2v) is 6.40. The van der Waals surface area contributed by atoms with Crippen molar-refractivity contribution in [2.45, 2.75) is 44.3 Å². The zero-order valence-electron chi connectivity index (χ0n) is 12.7. The summed E-state index contributed by atoms with van der Waals surface area (Å²) in [7, 11) is 1.70. The second kappa shape index (κ2) is 7.38. The smallest absolute Gasteiger partial charge is 0.237 e. The topological polar surface area (TPSA) is 58.4 Å². The predicted molar refractivity (Wildman–Crippen MR) is 88.9 cm³/mol. The Bertz CT molecular complexity index is 494. The van der Waals surface area contributed by atoms with E-state index in [9.17, 15) is 4.79 Å². The summed E-state index contributed by atoms with van der Waals surface area (Å²) >= 11 is 3.63. The van der Waals surface area contributed by atoms with Crippen molar-refractivity contribution in [3.8, 4) is 0 Å². The van der Waals surface area contributed by atoms with Crippen molar-refractivity contribution in [1.82, 2.24) is 10.2 Å². The van der Waals surface area contributed by atoms with E-state index in [1.165, 1.54) is 5.56 Å². The Labute approximate surface area is 135 Å². The fourth-order valence-corrected chi connectivity index (χ4v) is 3.68. The van der Waals surface area contributed by atoms with Crippen LogP contribution in [0.15, 0.2) is 28.7 Å². The molecule has 0 saturated carbocycles. The van der Waals surface area contributed by atoms with Crippen molar-refractivity contribution in [3.05, 3.63) is 34.3 Å². The van der Waals surface area contributed by atoms with Gasteiger partial charge in [0.2, 0.25) is 5.91 Å².